The summed E-state index contributed by atoms with van der Waals surface area (Å²) in [7, 11) is 0. The molecule has 9 heteroatoms. The Labute approximate surface area is 289 Å². The van der Waals surface area contributed by atoms with Crippen LogP contribution in [0.5, 0.6) is 0 Å². The van der Waals surface area contributed by atoms with Gasteiger partial charge in [0.1, 0.15) is 18.2 Å². The van der Waals surface area contributed by atoms with Crippen molar-refractivity contribution >= 4 is 5.97 Å². The summed E-state index contributed by atoms with van der Waals surface area (Å²) in [5, 5.41) is 23.5. The van der Waals surface area contributed by atoms with Crippen LogP contribution in [-0.2, 0) is 23.7 Å². The summed E-state index contributed by atoms with van der Waals surface area (Å²) in [6, 6.07) is -0.0802. The molecule has 7 rings (SSSR count). The highest BCUT2D eigenvalue weighted by atomic mass is 16.6. The molecule has 5 saturated carbocycles. The number of nitrogens with two attached hydrogens (primary N) is 1. The molecule has 0 aromatic heterocycles. The van der Waals surface area contributed by atoms with Crippen molar-refractivity contribution in [2.45, 2.75) is 167 Å². The van der Waals surface area contributed by atoms with Crippen LogP contribution in [0.4, 0.5) is 0 Å². The van der Waals surface area contributed by atoms with E-state index in [0.717, 1.165) is 57.9 Å². The van der Waals surface area contributed by atoms with Crippen LogP contribution in [0.15, 0.2) is 0 Å². The minimum atomic E-state index is -1.06. The first kappa shape index (κ1) is 35.6. The number of aliphatic hydroxyl groups excluding tert-OH is 1. The first-order valence-corrected chi connectivity index (χ1v) is 19.4. The third kappa shape index (κ3) is 4.69. The zero-order valence-electron chi connectivity index (χ0n) is 31.3. The molecule has 2 aliphatic heterocycles. The molecule has 5 aliphatic carbocycles. The van der Waals surface area contributed by atoms with Gasteiger partial charge < -0.3 is 34.9 Å². The molecule has 7 fully saturated rings. The molecule has 9 nitrogen and oxygen atoms in total. The molecule has 0 bridgehead atoms. The molecule has 48 heavy (non-hydrogen) atoms. The smallest absolute Gasteiger partial charge is 0.326 e. The summed E-state index contributed by atoms with van der Waals surface area (Å²) in [4.78, 5) is 15.9. The third-order valence-electron chi connectivity index (χ3n) is 16.0. The molecule has 0 radical (unpaired) electrons. The lowest BCUT2D eigenvalue weighted by Gasteiger charge is -2.63. The summed E-state index contributed by atoms with van der Waals surface area (Å²) in [5.41, 5.74) is 5.89. The Hall–Kier alpha value is -0.810. The molecular weight excluding hydrogens is 608 g/mol. The second-order valence-electron chi connectivity index (χ2n) is 19.1. The van der Waals surface area contributed by atoms with E-state index in [1.807, 2.05) is 6.92 Å². The monoisotopic (exact) mass is 674 g/mol. The molecule has 1 unspecified atom stereocenters. The summed E-state index contributed by atoms with van der Waals surface area (Å²) >= 11 is 0. The van der Waals surface area contributed by atoms with Crippen LogP contribution >= 0.6 is 0 Å². The molecule has 2 heterocycles. The average Bonchev–Trinajstić information content (AvgIpc) is 3.65. The van der Waals surface area contributed by atoms with Gasteiger partial charge in [-0.3, -0.25) is 9.69 Å². The van der Waals surface area contributed by atoms with Gasteiger partial charge in [0.2, 0.25) is 0 Å². The van der Waals surface area contributed by atoms with E-state index >= 15 is 0 Å². The number of fused-ring (bicyclic) bond motifs is 4. The van der Waals surface area contributed by atoms with E-state index in [0.29, 0.717) is 25.7 Å². The van der Waals surface area contributed by atoms with Crippen molar-refractivity contribution in [2.75, 3.05) is 26.4 Å². The molecule has 14 atom stereocenters. The van der Waals surface area contributed by atoms with Crippen molar-refractivity contribution in [3.63, 3.8) is 0 Å². The van der Waals surface area contributed by atoms with E-state index < -0.39 is 23.3 Å². The highest BCUT2D eigenvalue weighted by molar-refractivity contribution is 5.76. The van der Waals surface area contributed by atoms with Gasteiger partial charge in [0.25, 0.3) is 0 Å². The van der Waals surface area contributed by atoms with Gasteiger partial charge in [-0.05, 0) is 126 Å². The molecular formula is C39H66N2O7. The number of carbonyl (C=O) groups is 1. The Bertz CT molecular complexity index is 1250. The lowest BCUT2D eigenvalue weighted by Crippen LogP contribution is -2.70. The van der Waals surface area contributed by atoms with Crippen LogP contribution in [0.1, 0.15) is 114 Å². The predicted octanol–water partition coefficient (Wildman–Crippen LogP) is 4.69. The van der Waals surface area contributed by atoms with Crippen molar-refractivity contribution in [3.8, 4) is 0 Å². The van der Waals surface area contributed by atoms with Crippen molar-refractivity contribution in [3.05, 3.63) is 0 Å². The second-order valence-corrected chi connectivity index (χ2v) is 19.1. The minimum Gasteiger partial charge on any atom is -0.461 e. The van der Waals surface area contributed by atoms with Gasteiger partial charge in [-0.2, -0.15) is 0 Å². The van der Waals surface area contributed by atoms with Crippen LogP contribution in [0.25, 0.3) is 0 Å². The predicted molar refractivity (Wildman–Crippen MR) is 183 cm³/mol. The molecule has 0 amide bonds. The van der Waals surface area contributed by atoms with Crippen molar-refractivity contribution < 1.29 is 34.0 Å². The Kier molecular flexibility index (Phi) is 8.60. The van der Waals surface area contributed by atoms with Crippen molar-refractivity contribution in [1.82, 2.24) is 4.90 Å². The molecule has 7 aliphatic rings. The number of ether oxygens (including phenoxy) is 4. The number of rotatable bonds is 7. The van der Waals surface area contributed by atoms with E-state index in [1.54, 1.807) is 13.8 Å². The highest BCUT2D eigenvalue weighted by Gasteiger charge is 2.85. The summed E-state index contributed by atoms with van der Waals surface area (Å²) in [6.45, 7) is 21.5. The quantitative estimate of drug-likeness (QED) is 0.330. The van der Waals surface area contributed by atoms with Crippen LogP contribution in [0, 0.1) is 45.3 Å². The lowest BCUT2D eigenvalue weighted by atomic mass is 9.43. The standard InChI is InChI=1S/C39H66N2O7/c1-10-46-32(35(7,8)44)25-19-23(4)29-30(47-25)31(42)39(40)27-12-11-26-34(5,6)28(48-33(43)24-20-45-18-17-41(24)22(2)3)13-14-37(26)21-38(27,37)16-15-36(29,39)9/h22-32,42,44H,10-21,40H2,1-9H3/t23-,24+,25-,26+,27-,28+,29+,30+,31+,32+,36-,37?,38+,39+/m1/s1. The van der Waals surface area contributed by atoms with Crippen molar-refractivity contribution in [1.29, 1.82) is 0 Å². The zero-order chi connectivity index (χ0) is 34.8. The Morgan fingerprint density at radius 2 is 1.77 bits per heavy atom. The molecule has 0 aromatic carbocycles. The van der Waals surface area contributed by atoms with Gasteiger partial charge in [-0.25, -0.2) is 0 Å². The first-order valence-electron chi connectivity index (χ1n) is 19.4. The normalized spacial score (nSPS) is 50.4. The minimum absolute atomic E-state index is 0.111. The van der Waals surface area contributed by atoms with Gasteiger partial charge in [-0.15, -0.1) is 0 Å². The Morgan fingerprint density at radius 3 is 2.44 bits per heavy atom. The summed E-state index contributed by atoms with van der Waals surface area (Å²) in [5.74, 6) is 0.979. The average molecular weight is 675 g/mol. The van der Waals surface area contributed by atoms with E-state index in [9.17, 15) is 15.0 Å². The lowest BCUT2D eigenvalue weighted by molar-refractivity contribution is -0.214. The van der Waals surface area contributed by atoms with Crippen LogP contribution in [0.2, 0.25) is 0 Å². The Morgan fingerprint density at radius 1 is 1.08 bits per heavy atom. The van der Waals surface area contributed by atoms with Crippen LogP contribution in [-0.4, -0.2) is 101 Å². The number of aliphatic hydroxyl groups is 2. The topological polar surface area (TPSA) is 124 Å². The summed E-state index contributed by atoms with van der Waals surface area (Å²) < 4.78 is 25.2. The third-order valence-corrected chi connectivity index (χ3v) is 16.0. The number of hydrogen-bond donors (Lipinski definition) is 3. The number of hydrogen-bond acceptors (Lipinski definition) is 9. The maximum atomic E-state index is 13.7. The van der Waals surface area contributed by atoms with Crippen LogP contribution < -0.4 is 5.73 Å². The number of morpholine rings is 1. The van der Waals surface area contributed by atoms with E-state index in [-0.39, 0.29) is 75.8 Å². The second kappa shape index (κ2) is 11.6. The van der Waals surface area contributed by atoms with Gasteiger partial charge in [0.05, 0.1) is 42.7 Å². The fourth-order valence-corrected chi connectivity index (χ4v) is 14.0. The van der Waals surface area contributed by atoms with Gasteiger partial charge in [0.15, 0.2) is 0 Å². The number of carbonyl (C=O) groups excluding carboxylic acids is 1. The molecule has 2 saturated heterocycles. The fraction of sp³-hybridized carbons (Fsp3) is 0.974. The fourth-order valence-electron chi connectivity index (χ4n) is 14.0. The number of nitrogens with zero attached hydrogens (tertiary/aromatic N) is 1. The first-order chi connectivity index (χ1) is 22.4. The molecule has 2 spiro atoms. The molecule has 0 aromatic rings. The number of esters is 1. The molecule has 4 N–H and O–H groups in total. The summed E-state index contributed by atoms with van der Waals surface area (Å²) in [6.07, 6.45) is 6.01. The van der Waals surface area contributed by atoms with Gasteiger partial charge in [0, 0.05) is 24.6 Å². The van der Waals surface area contributed by atoms with E-state index in [2.05, 4.69) is 46.4 Å². The van der Waals surface area contributed by atoms with E-state index in [1.165, 1.54) is 0 Å². The maximum Gasteiger partial charge on any atom is 0.326 e. The zero-order valence-corrected chi connectivity index (χ0v) is 31.3. The Balaban J connectivity index is 1.13. The van der Waals surface area contributed by atoms with Gasteiger partial charge >= 0.3 is 5.97 Å². The highest BCUT2D eigenvalue weighted by Crippen LogP contribution is 2.87. The van der Waals surface area contributed by atoms with Crippen molar-refractivity contribution in [2.24, 2.45) is 51.1 Å². The molecule has 274 valence electrons. The maximum absolute atomic E-state index is 13.7. The SMILES string of the molecule is CCO[C@@H]([C@H]1C[C@@H](C)[C@H]2[C@H](O1)[C@H](O)[C@@]1(N)[C@@H]3CC[C@H]4C(C)(C)[C@@H](OC(=O)[C@@H]5COCCN5C(C)C)CCC45C[C@@]35CC[C@]21C)C(C)(C)O. The largest absolute Gasteiger partial charge is 0.461 e. The van der Waals surface area contributed by atoms with Gasteiger partial charge in [-0.1, -0.05) is 27.7 Å². The van der Waals surface area contributed by atoms with E-state index in [4.69, 9.17) is 24.7 Å². The van der Waals surface area contributed by atoms with Crippen LogP contribution in [0.3, 0.4) is 0 Å².